The molecular formula is C13H20N2O2. The van der Waals surface area contributed by atoms with Crippen LogP contribution in [0.4, 0.5) is 10.5 Å². The highest BCUT2D eigenvalue weighted by Gasteiger charge is 2.23. The molecule has 1 aromatic rings. The zero-order chi connectivity index (χ0) is 12.9. The molecular weight excluding hydrogens is 216 g/mol. The first kappa shape index (κ1) is 13.5. The van der Waals surface area contributed by atoms with E-state index >= 15 is 0 Å². The summed E-state index contributed by atoms with van der Waals surface area (Å²) in [6.07, 6.45) is 0.671. The Kier molecular flexibility index (Phi) is 4.52. The molecule has 17 heavy (non-hydrogen) atoms. The van der Waals surface area contributed by atoms with Crippen molar-refractivity contribution in [2.75, 3.05) is 11.9 Å². The van der Waals surface area contributed by atoms with Crippen molar-refractivity contribution in [1.82, 2.24) is 5.32 Å². The van der Waals surface area contributed by atoms with Gasteiger partial charge in [0.25, 0.3) is 0 Å². The Bertz CT molecular complexity index is 387. The van der Waals surface area contributed by atoms with E-state index in [-0.39, 0.29) is 12.6 Å². The van der Waals surface area contributed by atoms with Crippen molar-refractivity contribution < 1.29 is 9.90 Å². The van der Waals surface area contributed by atoms with Gasteiger partial charge in [0.15, 0.2) is 0 Å². The fraction of sp³-hybridized carbons (Fsp3) is 0.462. The predicted octanol–water partition coefficient (Wildman–Crippen LogP) is 2.28. The van der Waals surface area contributed by atoms with Crippen molar-refractivity contribution in [3.8, 4) is 0 Å². The molecule has 0 heterocycles. The molecule has 0 aliphatic carbocycles. The molecule has 0 fully saturated rings. The Morgan fingerprint density at radius 1 is 1.41 bits per heavy atom. The molecule has 4 heteroatoms. The van der Waals surface area contributed by atoms with Crippen molar-refractivity contribution >= 4 is 11.7 Å². The number of anilines is 1. The predicted molar refractivity (Wildman–Crippen MR) is 69.1 cm³/mol. The van der Waals surface area contributed by atoms with Gasteiger partial charge in [-0.25, -0.2) is 4.79 Å². The number of nitrogens with one attached hydrogen (secondary N) is 2. The first-order valence-corrected chi connectivity index (χ1v) is 5.76. The zero-order valence-electron chi connectivity index (χ0n) is 10.6. The highest BCUT2D eigenvalue weighted by molar-refractivity contribution is 5.90. The van der Waals surface area contributed by atoms with E-state index < -0.39 is 5.54 Å². The number of aliphatic hydroxyl groups is 1. The molecule has 0 radical (unpaired) electrons. The van der Waals surface area contributed by atoms with Crippen LogP contribution in [0.2, 0.25) is 0 Å². The second kappa shape index (κ2) is 5.68. The van der Waals surface area contributed by atoms with E-state index in [1.807, 2.05) is 45.0 Å². The molecule has 0 saturated heterocycles. The fourth-order valence-electron chi connectivity index (χ4n) is 1.38. The summed E-state index contributed by atoms with van der Waals surface area (Å²) < 4.78 is 0. The number of hydrogen-bond donors (Lipinski definition) is 3. The lowest BCUT2D eigenvalue weighted by Gasteiger charge is -2.27. The van der Waals surface area contributed by atoms with Gasteiger partial charge in [-0.2, -0.15) is 0 Å². The molecule has 0 spiro atoms. The summed E-state index contributed by atoms with van der Waals surface area (Å²) in [6, 6.07) is 7.27. The lowest BCUT2D eigenvalue weighted by Crippen LogP contribution is -2.50. The molecule has 0 saturated carbocycles. The largest absolute Gasteiger partial charge is 0.394 e. The monoisotopic (exact) mass is 236 g/mol. The van der Waals surface area contributed by atoms with Gasteiger partial charge in [-0.05, 0) is 31.9 Å². The summed E-state index contributed by atoms with van der Waals surface area (Å²) >= 11 is 0. The van der Waals surface area contributed by atoms with E-state index in [2.05, 4.69) is 10.6 Å². The average Bonchev–Trinajstić information content (AvgIpc) is 2.32. The number of amides is 2. The number of para-hydroxylation sites is 1. The maximum atomic E-state index is 11.8. The maximum Gasteiger partial charge on any atom is 0.319 e. The van der Waals surface area contributed by atoms with Crippen LogP contribution in [0.15, 0.2) is 24.3 Å². The van der Waals surface area contributed by atoms with Crippen LogP contribution < -0.4 is 10.6 Å². The Balaban J connectivity index is 2.65. The minimum absolute atomic E-state index is 0.0787. The van der Waals surface area contributed by atoms with E-state index in [9.17, 15) is 9.90 Å². The second-order valence-electron chi connectivity index (χ2n) is 4.47. The van der Waals surface area contributed by atoms with Crippen LogP contribution in [0.25, 0.3) is 0 Å². The number of aliphatic hydroxyl groups excluding tert-OH is 1. The molecule has 0 aliphatic heterocycles. The molecule has 0 aliphatic rings. The summed E-state index contributed by atoms with van der Waals surface area (Å²) in [6.45, 7) is 5.58. The van der Waals surface area contributed by atoms with Crippen LogP contribution in [0.1, 0.15) is 25.8 Å². The number of hydrogen-bond acceptors (Lipinski definition) is 2. The van der Waals surface area contributed by atoms with Gasteiger partial charge in [-0.3, -0.25) is 0 Å². The van der Waals surface area contributed by atoms with Crippen molar-refractivity contribution in [3.05, 3.63) is 29.8 Å². The van der Waals surface area contributed by atoms with E-state index in [4.69, 9.17) is 0 Å². The molecule has 1 aromatic carbocycles. The SMILES string of the molecule is CCC(C)(CO)NC(=O)Nc1ccccc1C. The summed E-state index contributed by atoms with van der Waals surface area (Å²) in [5, 5.41) is 14.8. The number of carbonyl (C=O) groups is 1. The van der Waals surface area contributed by atoms with Crippen LogP contribution in [0.5, 0.6) is 0 Å². The minimum Gasteiger partial charge on any atom is -0.394 e. The summed E-state index contributed by atoms with van der Waals surface area (Å²) in [7, 11) is 0. The van der Waals surface area contributed by atoms with Crippen molar-refractivity contribution in [1.29, 1.82) is 0 Å². The molecule has 4 nitrogen and oxygen atoms in total. The van der Waals surface area contributed by atoms with Gasteiger partial charge in [0.1, 0.15) is 0 Å². The average molecular weight is 236 g/mol. The van der Waals surface area contributed by atoms with E-state index in [1.54, 1.807) is 0 Å². The summed E-state index contributed by atoms with van der Waals surface area (Å²) in [5.41, 5.74) is 1.21. The highest BCUT2D eigenvalue weighted by atomic mass is 16.3. The van der Waals surface area contributed by atoms with Crippen LogP contribution in [-0.4, -0.2) is 23.3 Å². The topological polar surface area (TPSA) is 61.4 Å². The van der Waals surface area contributed by atoms with Gasteiger partial charge < -0.3 is 15.7 Å². The lowest BCUT2D eigenvalue weighted by molar-refractivity contribution is 0.172. The lowest BCUT2D eigenvalue weighted by atomic mass is 10.0. The van der Waals surface area contributed by atoms with Gasteiger partial charge in [0.05, 0.1) is 12.1 Å². The minimum atomic E-state index is -0.577. The van der Waals surface area contributed by atoms with Crippen molar-refractivity contribution in [2.24, 2.45) is 0 Å². The number of benzene rings is 1. The van der Waals surface area contributed by atoms with Crippen LogP contribution in [0.3, 0.4) is 0 Å². The third-order valence-electron chi connectivity index (χ3n) is 2.94. The number of aryl methyl sites for hydroxylation is 1. The van der Waals surface area contributed by atoms with E-state index in [1.165, 1.54) is 0 Å². The molecule has 94 valence electrons. The first-order valence-electron chi connectivity index (χ1n) is 5.76. The van der Waals surface area contributed by atoms with Gasteiger partial charge in [0, 0.05) is 5.69 Å². The Morgan fingerprint density at radius 3 is 2.59 bits per heavy atom. The Morgan fingerprint density at radius 2 is 2.06 bits per heavy atom. The van der Waals surface area contributed by atoms with Crippen molar-refractivity contribution in [3.63, 3.8) is 0 Å². The molecule has 3 N–H and O–H groups in total. The van der Waals surface area contributed by atoms with Gasteiger partial charge >= 0.3 is 6.03 Å². The molecule has 0 bridgehead atoms. The van der Waals surface area contributed by atoms with Crippen LogP contribution in [0, 0.1) is 6.92 Å². The third-order valence-corrected chi connectivity index (χ3v) is 2.94. The fourth-order valence-corrected chi connectivity index (χ4v) is 1.38. The van der Waals surface area contributed by atoms with Crippen molar-refractivity contribution in [2.45, 2.75) is 32.7 Å². The third kappa shape index (κ3) is 3.75. The Hall–Kier alpha value is -1.55. The number of urea groups is 1. The van der Waals surface area contributed by atoms with Crippen LogP contribution in [-0.2, 0) is 0 Å². The van der Waals surface area contributed by atoms with Gasteiger partial charge in [-0.1, -0.05) is 25.1 Å². The second-order valence-corrected chi connectivity index (χ2v) is 4.47. The normalized spacial score (nSPS) is 13.9. The Labute approximate surface area is 102 Å². The first-order chi connectivity index (χ1) is 8.00. The number of rotatable bonds is 4. The molecule has 0 aromatic heterocycles. The maximum absolute atomic E-state index is 11.8. The smallest absolute Gasteiger partial charge is 0.319 e. The van der Waals surface area contributed by atoms with Gasteiger partial charge in [0.2, 0.25) is 0 Å². The van der Waals surface area contributed by atoms with E-state index in [0.29, 0.717) is 6.42 Å². The van der Waals surface area contributed by atoms with Crippen LogP contribution >= 0.6 is 0 Å². The summed E-state index contributed by atoms with van der Waals surface area (Å²) in [4.78, 5) is 11.8. The molecule has 1 unspecified atom stereocenters. The number of carbonyl (C=O) groups excluding carboxylic acids is 1. The van der Waals surface area contributed by atoms with Gasteiger partial charge in [-0.15, -0.1) is 0 Å². The van der Waals surface area contributed by atoms with E-state index in [0.717, 1.165) is 11.3 Å². The molecule has 1 rings (SSSR count). The zero-order valence-corrected chi connectivity index (χ0v) is 10.6. The highest BCUT2D eigenvalue weighted by Crippen LogP contribution is 2.14. The molecule has 2 amide bonds. The standard InChI is InChI=1S/C13H20N2O2/c1-4-13(3,9-16)15-12(17)14-11-8-6-5-7-10(11)2/h5-8,16H,4,9H2,1-3H3,(H2,14,15,17). The molecule has 1 atom stereocenters. The quantitative estimate of drug-likeness (QED) is 0.751. The summed E-state index contributed by atoms with van der Waals surface area (Å²) in [5.74, 6) is 0.